The molecule has 0 amide bonds. The Balaban J connectivity index is 2.58. The zero-order valence-corrected chi connectivity index (χ0v) is 6.92. The molecule has 2 nitrogen and oxygen atoms in total. The zero-order chi connectivity index (χ0) is 8.10. The Morgan fingerprint density at radius 2 is 2.55 bits per heavy atom. The molecule has 2 heteroatoms. The summed E-state index contributed by atoms with van der Waals surface area (Å²) in [5.74, 6) is 0.915. The van der Waals surface area contributed by atoms with E-state index in [0.717, 1.165) is 12.3 Å². The van der Waals surface area contributed by atoms with Crippen LogP contribution in [0.5, 0.6) is 0 Å². The first-order valence-corrected chi connectivity index (χ1v) is 3.68. The van der Waals surface area contributed by atoms with Gasteiger partial charge in [0.2, 0.25) is 0 Å². The van der Waals surface area contributed by atoms with Gasteiger partial charge in [-0.05, 0) is 32.2 Å². The standard InChI is InChI=1S/C9H13NO/c1-8(7-10-2)6-9-4-3-5-11-9/h3-6,10H,7H2,1-2H3. The van der Waals surface area contributed by atoms with E-state index in [1.54, 1.807) is 6.26 Å². The Kier molecular flexibility index (Phi) is 2.93. The molecule has 60 valence electrons. The number of nitrogens with one attached hydrogen (secondary N) is 1. The Hall–Kier alpha value is -1.02. The highest BCUT2D eigenvalue weighted by atomic mass is 16.3. The quantitative estimate of drug-likeness (QED) is 0.713. The van der Waals surface area contributed by atoms with Crippen LogP contribution in [0.4, 0.5) is 0 Å². The van der Waals surface area contributed by atoms with Crippen LogP contribution in [0.2, 0.25) is 0 Å². The molecule has 0 radical (unpaired) electrons. The highest BCUT2D eigenvalue weighted by Gasteiger charge is 1.90. The third-order valence-corrected chi connectivity index (χ3v) is 1.39. The zero-order valence-electron chi connectivity index (χ0n) is 6.92. The summed E-state index contributed by atoms with van der Waals surface area (Å²) in [6.07, 6.45) is 3.70. The smallest absolute Gasteiger partial charge is 0.126 e. The molecule has 0 aliphatic heterocycles. The molecule has 1 N–H and O–H groups in total. The molecular formula is C9H13NO. The third-order valence-electron chi connectivity index (χ3n) is 1.39. The first kappa shape index (κ1) is 8.08. The molecule has 1 rings (SSSR count). The van der Waals surface area contributed by atoms with Gasteiger partial charge in [0.1, 0.15) is 5.76 Å². The van der Waals surface area contributed by atoms with Crippen LogP contribution in [0.3, 0.4) is 0 Å². The van der Waals surface area contributed by atoms with Gasteiger partial charge in [-0.15, -0.1) is 0 Å². The lowest BCUT2D eigenvalue weighted by atomic mass is 10.2. The average molecular weight is 151 g/mol. The first-order chi connectivity index (χ1) is 5.33. The SMILES string of the molecule is CNCC(C)=Cc1ccco1. The minimum atomic E-state index is 0.903. The van der Waals surface area contributed by atoms with Crippen molar-refractivity contribution in [3.63, 3.8) is 0 Å². The first-order valence-electron chi connectivity index (χ1n) is 3.68. The van der Waals surface area contributed by atoms with E-state index >= 15 is 0 Å². The van der Waals surface area contributed by atoms with E-state index in [1.807, 2.05) is 25.3 Å². The minimum absolute atomic E-state index is 0.903. The maximum absolute atomic E-state index is 5.15. The van der Waals surface area contributed by atoms with Gasteiger partial charge >= 0.3 is 0 Å². The molecule has 0 saturated heterocycles. The Labute approximate surface area is 66.9 Å². The Morgan fingerprint density at radius 3 is 3.09 bits per heavy atom. The Bertz CT molecular complexity index is 224. The van der Waals surface area contributed by atoms with Gasteiger partial charge in [-0.2, -0.15) is 0 Å². The van der Waals surface area contributed by atoms with Gasteiger partial charge in [-0.25, -0.2) is 0 Å². The second-order valence-corrected chi connectivity index (χ2v) is 2.54. The van der Waals surface area contributed by atoms with Crippen molar-refractivity contribution in [2.45, 2.75) is 6.92 Å². The van der Waals surface area contributed by atoms with Gasteiger partial charge in [-0.1, -0.05) is 5.57 Å². The van der Waals surface area contributed by atoms with Crippen LogP contribution in [0.1, 0.15) is 12.7 Å². The molecule has 0 fully saturated rings. The molecule has 0 bridgehead atoms. The molecule has 11 heavy (non-hydrogen) atoms. The largest absolute Gasteiger partial charge is 0.465 e. The van der Waals surface area contributed by atoms with Crippen molar-refractivity contribution in [1.82, 2.24) is 5.32 Å². The summed E-state index contributed by atoms with van der Waals surface area (Å²) in [4.78, 5) is 0. The van der Waals surface area contributed by atoms with Gasteiger partial charge in [-0.3, -0.25) is 0 Å². The number of hydrogen-bond donors (Lipinski definition) is 1. The van der Waals surface area contributed by atoms with Crippen LogP contribution in [-0.2, 0) is 0 Å². The van der Waals surface area contributed by atoms with E-state index in [9.17, 15) is 0 Å². The van der Waals surface area contributed by atoms with Crippen molar-refractivity contribution >= 4 is 6.08 Å². The molecule has 0 unspecified atom stereocenters. The summed E-state index contributed by atoms with van der Waals surface area (Å²) in [5, 5.41) is 3.07. The van der Waals surface area contributed by atoms with E-state index in [0.29, 0.717) is 0 Å². The summed E-state index contributed by atoms with van der Waals surface area (Å²) in [6.45, 7) is 2.97. The normalized spacial score (nSPS) is 12.0. The highest BCUT2D eigenvalue weighted by molar-refractivity contribution is 5.46. The summed E-state index contributed by atoms with van der Waals surface area (Å²) in [5.41, 5.74) is 1.27. The third kappa shape index (κ3) is 2.60. The van der Waals surface area contributed by atoms with Gasteiger partial charge in [0, 0.05) is 6.54 Å². The van der Waals surface area contributed by atoms with Crippen molar-refractivity contribution in [1.29, 1.82) is 0 Å². The molecular weight excluding hydrogens is 138 g/mol. The number of hydrogen-bond acceptors (Lipinski definition) is 2. The van der Waals surface area contributed by atoms with Gasteiger partial charge in [0.15, 0.2) is 0 Å². The molecule has 0 atom stereocenters. The predicted octanol–water partition coefficient (Wildman–Crippen LogP) is 1.90. The van der Waals surface area contributed by atoms with Crippen molar-refractivity contribution in [3.8, 4) is 0 Å². The summed E-state index contributed by atoms with van der Waals surface area (Å²) in [7, 11) is 1.93. The van der Waals surface area contributed by atoms with E-state index < -0.39 is 0 Å². The molecule has 1 aromatic rings. The lowest BCUT2D eigenvalue weighted by molar-refractivity contribution is 0.556. The molecule has 0 spiro atoms. The van der Waals surface area contributed by atoms with Gasteiger partial charge < -0.3 is 9.73 Å². The van der Waals surface area contributed by atoms with Crippen molar-refractivity contribution in [2.24, 2.45) is 0 Å². The van der Waals surface area contributed by atoms with Gasteiger partial charge in [0.05, 0.1) is 6.26 Å². The second kappa shape index (κ2) is 3.98. The Morgan fingerprint density at radius 1 is 1.73 bits per heavy atom. The van der Waals surface area contributed by atoms with Crippen LogP contribution >= 0.6 is 0 Å². The maximum Gasteiger partial charge on any atom is 0.126 e. The molecule has 0 aliphatic rings. The fourth-order valence-electron chi connectivity index (χ4n) is 0.946. The van der Waals surface area contributed by atoms with Crippen LogP contribution < -0.4 is 5.32 Å². The number of rotatable bonds is 3. The fourth-order valence-corrected chi connectivity index (χ4v) is 0.946. The van der Waals surface area contributed by atoms with Crippen LogP contribution in [0, 0.1) is 0 Å². The van der Waals surface area contributed by atoms with Gasteiger partial charge in [0.25, 0.3) is 0 Å². The maximum atomic E-state index is 5.15. The van der Waals surface area contributed by atoms with Crippen molar-refractivity contribution in [3.05, 3.63) is 29.7 Å². The lowest BCUT2D eigenvalue weighted by Crippen LogP contribution is -2.08. The van der Waals surface area contributed by atoms with E-state index in [1.165, 1.54) is 5.57 Å². The molecule has 1 aromatic heterocycles. The lowest BCUT2D eigenvalue weighted by Gasteiger charge is -1.96. The molecule has 0 saturated carbocycles. The monoisotopic (exact) mass is 151 g/mol. The number of likely N-dealkylation sites (N-methyl/N-ethyl adjacent to an activating group) is 1. The molecule has 1 heterocycles. The molecule has 0 aromatic carbocycles. The van der Waals surface area contributed by atoms with E-state index in [4.69, 9.17) is 4.42 Å². The topological polar surface area (TPSA) is 25.2 Å². The summed E-state index contributed by atoms with van der Waals surface area (Å²) in [6, 6.07) is 3.83. The van der Waals surface area contributed by atoms with Crippen LogP contribution in [-0.4, -0.2) is 13.6 Å². The number of furan rings is 1. The van der Waals surface area contributed by atoms with E-state index in [2.05, 4.69) is 12.2 Å². The summed E-state index contributed by atoms with van der Waals surface area (Å²) >= 11 is 0. The average Bonchev–Trinajstić information content (AvgIpc) is 2.40. The van der Waals surface area contributed by atoms with Crippen LogP contribution in [0.25, 0.3) is 6.08 Å². The van der Waals surface area contributed by atoms with Crippen molar-refractivity contribution in [2.75, 3.05) is 13.6 Å². The van der Waals surface area contributed by atoms with E-state index in [-0.39, 0.29) is 0 Å². The van der Waals surface area contributed by atoms with Crippen LogP contribution in [0.15, 0.2) is 28.4 Å². The highest BCUT2D eigenvalue weighted by Crippen LogP contribution is 2.05. The predicted molar refractivity (Wildman–Crippen MR) is 46.3 cm³/mol. The molecule has 0 aliphatic carbocycles. The summed E-state index contributed by atoms with van der Waals surface area (Å²) < 4.78 is 5.15. The fraction of sp³-hybridized carbons (Fsp3) is 0.333. The minimum Gasteiger partial charge on any atom is -0.465 e. The second-order valence-electron chi connectivity index (χ2n) is 2.54. The van der Waals surface area contributed by atoms with Crippen molar-refractivity contribution < 1.29 is 4.42 Å².